The van der Waals surface area contributed by atoms with Crippen LogP contribution in [0.5, 0.6) is 0 Å². The molecule has 44 heavy (non-hydrogen) atoms. The van der Waals surface area contributed by atoms with Crippen molar-refractivity contribution in [2.75, 3.05) is 6.54 Å². The number of hydrogen-bond acceptors (Lipinski definition) is 8. The van der Waals surface area contributed by atoms with Gasteiger partial charge in [0.25, 0.3) is 0 Å². The van der Waals surface area contributed by atoms with Crippen molar-refractivity contribution in [3.63, 3.8) is 0 Å². The van der Waals surface area contributed by atoms with Gasteiger partial charge in [-0.25, -0.2) is 4.79 Å². The van der Waals surface area contributed by atoms with Crippen molar-refractivity contribution in [1.29, 1.82) is 0 Å². The van der Waals surface area contributed by atoms with Crippen LogP contribution in [0.25, 0.3) is 0 Å². The number of hydrogen-bond donors (Lipinski definition) is 7. The minimum atomic E-state index is -1.44. The van der Waals surface area contributed by atoms with Crippen LogP contribution in [0.1, 0.15) is 112 Å². The Bertz CT molecular complexity index is 933. The number of nitrogens with two attached hydrogens (primary N) is 1. The first kappa shape index (κ1) is 39.1. The summed E-state index contributed by atoms with van der Waals surface area (Å²) in [6, 6.07) is -3.43. The highest BCUT2D eigenvalue weighted by Crippen LogP contribution is 2.29. The van der Waals surface area contributed by atoms with Crippen LogP contribution in [0.15, 0.2) is 0 Å². The zero-order chi connectivity index (χ0) is 33.4. The summed E-state index contributed by atoms with van der Waals surface area (Å²) in [5, 5.41) is 32.3. The number of unbranched alkanes of at least 4 members (excludes halogenated alkanes) is 1. The van der Waals surface area contributed by atoms with Gasteiger partial charge in [0.15, 0.2) is 0 Å². The van der Waals surface area contributed by atoms with E-state index in [0.29, 0.717) is 13.0 Å². The minimum Gasteiger partial charge on any atom is -0.444 e. The number of ether oxygens (including phenoxy) is 1. The first-order valence-corrected chi connectivity index (χ1v) is 16.1. The average Bonchev–Trinajstić information content (AvgIpc) is 2.92. The molecule has 0 aromatic heterocycles. The van der Waals surface area contributed by atoms with Crippen LogP contribution in [0, 0.1) is 11.8 Å². The van der Waals surface area contributed by atoms with E-state index in [4.69, 9.17) is 10.5 Å². The van der Waals surface area contributed by atoms with E-state index in [2.05, 4.69) is 21.3 Å². The van der Waals surface area contributed by atoms with E-state index < -0.39 is 65.7 Å². The summed E-state index contributed by atoms with van der Waals surface area (Å²) in [6.07, 6.45) is 3.90. The fraction of sp³-hybridized carbons (Fsp3) is 0.839. The van der Waals surface area contributed by atoms with E-state index in [9.17, 15) is 34.2 Å². The molecule has 1 rings (SSSR count). The number of alkyl carbamates (subject to hydrolysis) is 1. The zero-order valence-corrected chi connectivity index (χ0v) is 27.4. The van der Waals surface area contributed by atoms with Gasteiger partial charge < -0.3 is 42.0 Å². The van der Waals surface area contributed by atoms with Crippen LogP contribution in [-0.2, 0) is 23.9 Å². The quantitative estimate of drug-likeness (QED) is 0.111. The van der Waals surface area contributed by atoms with Crippen LogP contribution < -0.4 is 27.0 Å². The second-order valence-corrected chi connectivity index (χ2v) is 13.1. The maximum atomic E-state index is 13.5. The lowest BCUT2D eigenvalue weighted by Gasteiger charge is -2.33. The summed E-state index contributed by atoms with van der Waals surface area (Å²) < 4.78 is 5.22. The van der Waals surface area contributed by atoms with Gasteiger partial charge in [0.1, 0.15) is 17.7 Å². The van der Waals surface area contributed by atoms with E-state index >= 15 is 0 Å². The Morgan fingerprint density at radius 2 is 1.57 bits per heavy atom. The fourth-order valence-electron chi connectivity index (χ4n) is 5.23. The van der Waals surface area contributed by atoms with Gasteiger partial charge in [0.05, 0.1) is 18.2 Å². The summed E-state index contributed by atoms with van der Waals surface area (Å²) in [6.45, 7) is 10.6. The van der Waals surface area contributed by atoms with Gasteiger partial charge in [-0.2, -0.15) is 0 Å². The molecule has 13 heteroatoms. The molecule has 0 radical (unpaired) electrons. The number of amides is 5. The molecule has 0 saturated heterocycles. The molecule has 1 aliphatic rings. The van der Waals surface area contributed by atoms with Gasteiger partial charge in [-0.3, -0.25) is 19.2 Å². The molecular formula is C31H57N5O8. The summed E-state index contributed by atoms with van der Waals surface area (Å²) >= 11 is 0. The molecule has 0 aromatic rings. The molecular weight excluding hydrogens is 570 g/mol. The van der Waals surface area contributed by atoms with Crippen molar-refractivity contribution in [2.45, 2.75) is 148 Å². The highest BCUT2D eigenvalue weighted by molar-refractivity contribution is 5.92. The van der Waals surface area contributed by atoms with Crippen LogP contribution >= 0.6 is 0 Å². The Labute approximate surface area is 262 Å². The monoisotopic (exact) mass is 627 g/mol. The Morgan fingerprint density at radius 3 is 2.11 bits per heavy atom. The second kappa shape index (κ2) is 19.5. The predicted molar refractivity (Wildman–Crippen MR) is 166 cm³/mol. The molecule has 1 saturated carbocycles. The first-order valence-electron chi connectivity index (χ1n) is 16.1. The van der Waals surface area contributed by atoms with Crippen LogP contribution in [0.2, 0.25) is 0 Å². The third-order valence-electron chi connectivity index (χ3n) is 7.73. The van der Waals surface area contributed by atoms with Crippen molar-refractivity contribution in [3.05, 3.63) is 0 Å². The molecule has 0 unspecified atom stereocenters. The molecule has 0 heterocycles. The number of rotatable bonds is 18. The number of aliphatic hydroxyl groups excluding tert-OH is 2. The summed E-state index contributed by atoms with van der Waals surface area (Å²) in [4.78, 5) is 63.1. The largest absolute Gasteiger partial charge is 0.444 e. The van der Waals surface area contributed by atoms with Gasteiger partial charge in [-0.05, 0) is 59.3 Å². The van der Waals surface area contributed by atoms with Crippen molar-refractivity contribution < 1.29 is 38.9 Å². The lowest BCUT2D eigenvalue weighted by molar-refractivity contribution is -0.134. The number of nitrogens with one attached hydrogen (secondary N) is 4. The third kappa shape index (κ3) is 15.7. The van der Waals surface area contributed by atoms with Gasteiger partial charge in [0, 0.05) is 18.9 Å². The molecule has 0 aromatic carbocycles. The maximum absolute atomic E-state index is 13.5. The first-order chi connectivity index (χ1) is 20.5. The molecule has 1 fully saturated rings. The molecule has 0 aliphatic heterocycles. The molecule has 254 valence electrons. The smallest absolute Gasteiger partial charge is 0.408 e. The lowest BCUT2D eigenvalue weighted by atomic mass is 9.82. The topological polar surface area (TPSA) is 209 Å². The molecule has 5 amide bonds. The minimum absolute atomic E-state index is 0.121. The fourth-order valence-corrected chi connectivity index (χ4v) is 5.23. The number of carbonyl (C=O) groups excluding carboxylic acids is 5. The highest BCUT2D eigenvalue weighted by atomic mass is 16.6. The number of aliphatic hydroxyl groups is 2. The standard InChI is InChI=1S/C31H57N5O8/c1-7-8-16-33-27(40)19(2)17-24(38)23(18-21-12-10-9-11-13-21)34-29(42)26(20(3)37)36-28(41)22(14-15-25(32)39)35-30(43)44-31(4,5)6/h19-24,26,37-38H,7-18H2,1-6H3,(H2,32,39)(H,33,40)(H,34,42)(H,35,43)(H,36,41)/t19-,20-,22+,23+,24+,26+/m1/s1. The Morgan fingerprint density at radius 1 is 0.932 bits per heavy atom. The van der Waals surface area contributed by atoms with Crippen LogP contribution in [0.4, 0.5) is 4.79 Å². The van der Waals surface area contributed by atoms with Crippen LogP contribution in [-0.4, -0.2) is 82.4 Å². The summed E-state index contributed by atoms with van der Waals surface area (Å²) in [5.41, 5.74) is 4.40. The molecule has 6 atom stereocenters. The van der Waals surface area contributed by atoms with Crippen LogP contribution in [0.3, 0.4) is 0 Å². The van der Waals surface area contributed by atoms with Crippen molar-refractivity contribution in [3.8, 4) is 0 Å². The van der Waals surface area contributed by atoms with E-state index in [1.54, 1.807) is 27.7 Å². The second-order valence-electron chi connectivity index (χ2n) is 13.1. The Hall–Kier alpha value is -2.93. The molecule has 0 spiro atoms. The van der Waals surface area contributed by atoms with E-state index in [-0.39, 0.29) is 31.1 Å². The zero-order valence-electron chi connectivity index (χ0n) is 27.4. The van der Waals surface area contributed by atoms with E-state index in [0.717, 1.165) is 44.9 Å². The van der Waals surface area contributed by atoms with E-state index in [1.807, 2.05) is 6.92 Å². The SMILES string of the molecule is CCCCNC(=O)[C@H](C)C[C@H](O)[C@H](CC1CCCCC1)NC(=O)[C@@H](NC(=O)[C@H](CCC(N)=O)NC(=O)OC(C)(C)C)[C@@H](C)O. The molecule has 13 nitrogen and oxygen atoms in total. The highest BCUT2D eigenvalue weighted by Gasteiger charge is 2.34. The maximum Gasteiger partial charge on any atom is 0.408 e. The average molecular weight is 628 g/mol. The van der Waals surface area contributed by atoms with Gasteiger partial charge >= 0.3 is 6.09 Å². The van der Waals surface area contributed by atoms with Gasteiger partial charge in [0.2, 0.25) is 23.6 Å². The number of primary amides is 1. The summed E-state index contributed by atoms with van der Waals surface area (Å²) in [7, 11) is 0. The van der Waals surface area contributed by atoms with Gasteiger partial charge in [-0.1, -0.05) is 52.4 Å². The third-order valence-corrected chi connectivity index (χ3v) is 7.73. The van der Waals surface area contributed by atoms with E-state index in [1.165, 1.54) is 6.92 Å². The lowest BCUT2D eigenvalue weighted by Crippen LogP contribution is -2.59. The normalized spacial score (nSPS) is 18.1. The van der Waals surface area contributed by atoms with Crippen molar-refractivity contribution >= 4 is 29.7 Å². The molecule has 8 N–H and O–H groups in total. The van der Waals surface area contributed by atoms with Crippen molar-refractivity contribution in [1.82, 2.24) is 21.3 Å². The Kier molecular flexibility index (Phi) is 17.3. The molecule has 0 bridgehead atoms. The predicted octanol–water partition coefficient (Wildman–Crippen LogP) is 1.77. The number of carbonyl (C=O) groups is 5. The van der Waals surface area contributed by atoms with Crippen molar-refractivity contribution in [2.24, 2.45) is 17.6 Å². The van der Waals surface area contributed by atoms with Gasteiger partial charge in [-0.15, -0.1) is 0 Å². The summed E-state index contributed by atoms with van der Waals surface area (Å²) in [5.74, 6) is -2.63. The molecule has 1 aliphatic carbocycles. The Balaban J connectivity index is 3.07.